The average Bonchev–Trinajstić information content (AvgIpc) is 3.07. The summed E-state index contributed by atoms with van der Waals surface area (Å²) in [6.07, 6.45) is 12.7. The van der Waals surface area contributed by atoms with Gasteiger partial charge in [0.2, 0.25) is 5.91 Å². The van der Waals surface area contributed by atoms with Crippen LogP contribution in [0.5, 0.6) is 0 Å². The molecule has 2 aromatic heterocycles. The van der Waals surface area contributed by atoms with Gasteiger partial charge in [-0.2, -0.15) is 0 Å². The summed E-state index contributed by atoms with van der Waals surface area (Å²) >= 11 is 0. The molecule has 0 aliphatic heterocycles. The van der Waals surface area contributed by atoms with Crippen LogP contribution in [0.1, 0.15) is 12.0 Å². The highest BCUT2D eigenvalue weighted by molar-refractivity contribution is 5.89. The number of pyridine rings is 1. The lowest BCUT2D eigenvalue weighted by Crippen LogP contribution is -2.35. The molecule has 1 aliphatic carbocycles. The van der Waals surface area contributed by atoms with Crippen LogP contribution in [-0.4, -0.2) is 21.9 Å². The Morgan fingerprint density at radius 3 is 2.85 bits per heavy atom. The van der Waals surface area contributed by atoms with E-state index in [1.54, 1.807) is 12.4 Å². The third-order valence-electron chi connectivity index (χ3n) is 4.44. The number of hydrogen-bond acceptors (Lipinski definition) is 3. The fourth-order valence-electron chi connectivity index (χ4n) is 3.13. The van der Waals surface area contributed by atoms with Crippen molar-refractivity contribution in [2.45, 2.75) is 18.9 Å². The number of anilines is 1. The molecule has 5 nitrogen and oxygen atoms in total. The largest absolute Gasteiger partial charge is 0.361 e. The second-order valence-corrected chi connectivity index (χ2v) is 6.33. The van der Waals surface area contributed by atoms with Crippen molar-refractivity contribution in [2.75, 3.05) is 5.32 Å². The van der Waals surface area contributed by atoms with Gasteiger partial charge in [0.15, 0.2) is 0 Å². The van der Waals surface area contributed by atoms with Crippen molar-refractivity contribution >= 4 is 22.5 Å². The number of H-pyrrole nitrogens is 1. The second-order valence-electron chi connectivity index (χ2n) is 6.33. The number of aromatic amines is 1. The number of benzene rings is 1. The van der Waals surface area contributed by atoms with Crippen molar-refractivity contribution in [1.29, 1.82) is 0 Å². The Balaban J connectivity index is 1.33. The van der Waals surface area contributed by atoms with Gasteiger partial charge in [-0.05, 0) is 36.3 Å². The molecular weight excluding hydrogens is 324 g/mol. The molecule has 4 rings (SSSR count). The highest BCUT2D eigenvalue weighted by atomic mass is 16.1. The van der Waals surface area contributed by atoms with Gasteiger partial charge in [0.05, 0.1) is 12.5 Å². The minimum absolute atomic E-state index is 0.0238. The molecule has 3 N–H and O–H groups in total. The van der Waals surface area contributed by atoms with E-state index in [9.17, 15) is 4.79 Å². The fraction of sp³-hybridized carbons (Fsp3) is 0.143. The lowest BCUT2D eigenvalue weighted by atomic mass is 10.1. The summed E-state index contributed by atoms with van der Waals surface area (Å²) in [5, 5.41) is 7.52. The molecule has 1 atom stereocenters. The molecule has 0 saturated carbocycles. The van der Waals surface area contributed by atoms with Gasteiger partial charge in [-0.25, -0.2) is 0 Å². The van der Waals surface area contributed by atoms with Gasteiger partial charge in [-0.15, -0.1) is 0 Å². The van der Waals surface area contributed by atoms with E-state index in [1.807, 2.05) is 54.7 Å². The van der Waals surface area contributed by atoms with Crippen LogP contribution in [0.3, 0.4) is 0 Å². The minimum atomic E-state index is 0.0238. The third-order valence-corrected chi connectivity index (χ3v) is 4.44. The molecule has 1 aliphatic rings. The number of para-hydroxylation sites is 1. The van der Waals surface area contributed by atoms with Crippen molar-refractivity contribution in [3.05, 3.63) is 84.5 Å². The second kappa shape index (κ2) is 7.27. The molecule has 26 heavy (non-hydrogen) atoms. The van der Waals surface area contributed by atoms with E-state index in [-0.39, 0.29) is 11.9 Å². The predicted octanol–water partition coefficient (Wildman–Crippen LogP) is 3.55. The quantitative estimate of drug-likeness (QED) is 0.663. The van der Waals surface area contributed by atoms with Crippen LogP contribution in [0.4, 0.5) is 5.69 Å². The van der Waals surface area contributed by atoms with Gasteiger partial charge >= 0.3 is 0 Å². The van der Waals surface area contributed by atoms with Crippen LogP contribution in [0, 0.1) is 0 Å². The average molecular weight is 344 g/mol. The first-order chi connectivity index (χ1) is 12.8. The summed E-state index contributed by atoms with van der Waals surface area (Å²) in [6.45, 7) is 0. The van der Waals surface area contributed by atoms with Crippen LogP contribution in [0.25, 0.3) is 10.9 Å². The minimum Gasteiger partial charge on any atom is -0.361 e. The zero-order valence-corrected chi connectivity index (χ0v) is 14.3. The SMILES string of the molecule is O=C(Cc1c[nH]c2ccccc12)NC1C=CC(Nc2ccncc2)=CC1. The third kappa shape index (κ3) is 3.67. The van der Waals surface area contributed by atoms with Gasteiger partial charge in [0.25, 0.3) is 0 Å². The molecule has 0 saturated heterocycles. The number of carbonyl (C=O) groups is 1. The van der Waals surface area contributed by atoms with E-state index >= 15 is 0 Å². The monoisotopic (exact) mass is 344 g/mol. The Hall–Kier alpha value is -3.34. The first kappa shape index (κ1) is 16.1. The summed E-state index contributed by atoms with van der Waals surface area (Å²) in [5.74, 6) is 0.0309. The maximum Gasteiger partial charge on any atom is 0.224 e. The van der Waals surface area contributed by atoms with Gasteiger partial charge in [0, 0.05) is 40.9 Å². The highest BCUT2D eigenvalue weighted by Gasteiger charge is 2.14. The topological polar surface area (TPSA) is 69.8 Å². The van der Waals surface area contributed by atoms with E-state index in [0.29, 0.717) is 6.42 Å². The smallest absolute Gasteiger partial charge is 0.224 e. The van der Waals surface area contributed by atoms with E-state index in [2.05, 4.69) is 26.7 Å². The Bertz CT molecular complexity index is 972. The van der Waals surface area contributed by atoms with Crippen molar-refractivity contribution in [1.82, 2.24) is 15.3 Å². The van der Waals surface area contributed by atoms with Crippen LogP contribution < -0.4 is 10.6 Å². The molecule has 0 fully saturated rings. The number of aromatic nitrogens is 2. The number of amides is 1. The summed E-state index contributed by atoms with van der Waals surface area (Å²) in [4.78, 5) is 19.6. The number of rotatable bonds is 5. The molecule has 1 aromatic carbocycles. The maximum atomic E-state index is 12.4. The first-order valence-corrected chi connectivity index (χ1v) is 8.68. The zero-order valence-electron chi connectivity index (χ0n) is 14.3. The van der Waals surface area contributed by atoms with Gasteiger partial charge in [0.1, 0.15) is 0 Å². The molecule has 3 aromatic rings. The number of allylic oxidation sites excluding steroid dienone is 1. The maximum absolute atomic E-state index is 12.4. The van der Waals surface area contributed by atoms with E-state index in [4.69, 9.17) is 0 Å². The van der Waals surface area contributed by atoms with Crippen molar-refractivity contribution in [3.8, 4) is 0 Å². The number of hydrogen-bond donors (Lipinski definition) is 3. The molecule has 1 amide bonds. The van der Waals surface area contributed by atoms with E-state index in [0.717, 1.165) is 34.3 Å². The Labute approximate surface area is 151 Å². The standard InChI is InChI=1S/C21H20N4O/c26-21(13-15-14-23-20-4-2-1-3-19(15)20)25-17-7-5-16(6-8-17)24-18-9-11-22-12-10-18/h1-7,9-12,14,17,23H,8,13H2,(H,22,24)(H,25,26). The Morgan fingerprint density at radius 1 is 1.19 bits per heavy atom. The van der Waals surface area contributed by atoms with Crippen molar-refractivity contribution in [3.63, 3.8) is 0 Å². The molecule has 2 heterocycles. The number of nitrogens with one attached hydrogen (secondary N) is 3. The highest BCUT2D eigenvalue weighted by Crippen LogP contribution is 2.19. The Kier molecular flexibility index (Phi) is 4.51. The van der Waals surface area contributed by atoms with Gasteiger partial charge in [-0.3, -0.25) is 9.78 Å². The van der Waals surface area contributed by atoms with Crippen LogP contribution in [0.15, 0.2) is 78.9 Å². The van der Waals surface area contributed by atoms with Crippen LogP contribution in [0.2, 0.25) is 0 Å². The summed E-state index contributed by atoms with van der Waals surface area (Å²) in [5.41, 5.74) is 4.10. The zero-order chi connectivity index (χ0) is 17.8. The Morgan fingerprint density at radius 2 is 2.04 bits per heavy atom. The molecule has 1 unspecified atom stereocenters. The fourth-order valence-corrected chi connectivity index (χ4v) is 3.13. The van der Waals surface area contributed by atoms with Gasteiger partial charge in [-0.1, -0.05) is 30.4 Å². The predicted molar refractivity (Wildman–Crippen MR) is 104 cm³/mol. The first-order valence-electron chi connectivity index (χ1n) is 8.68. The molecule has 0 spiro atoms. The summed E-state index contributed by atoms with van der Waals surface area (Å²) < 4.78 is 0. The van der Waals surface area contributed by atoms with Crippen LogP contribution in [-0.2, 0) is 11.2 Å². The lowest BCUT2D eigenvalue weighted by Gasteiger charge is -2.18. The van der Waals surface area contributed by atoms with Crippen molar-refractivity contribution in [2.24, 2.45) is 0 Å². The molecule has 130 valence electrons. The molecule has 5 heteroatoms. The molecule has 0 bridgehead atoms. The number of carbonyl (C=O) groups excluding carboxylic acids is 1. The van der Waals surface area contributed by atoms with E-state index < -0.39 is 0 Å². The molecular formula is C21H20N4O. The number of fused-ring (bicyclic) bond motifs is 1. The van der Waals surface area contributed by atoms with E-state index in [1.165, 1.54) is 0 Å². The normalized spacial score (nSPS) is 16.3. The summed E-state index contributed by atoms with van der Waals surface area (Å²) in [6, 6.07) is 11.9. The lowest BCUT2D eigenvalue weighted by molar-refractivity contribution is -0.120. The number of nitrogens with zero attached hydrogens (tertiary/aromatic N) is 1. The van der Waals surface area contributed by atoms with Crippen molar-refractivity contribution < 1.29 is 4.79 Å². The van der Waals surface area contributed by atoms with Crippen LogP contribution >= 0.6 is 0 Å². The summed E-state index contributed by atoms with van der Waals surface area (Å²) in [7, 11) is 0. The molecule has 0 radical (unpaired) electrons. The van der Waals surface area contributed by atoms with Gasteiger partial charge < -0.3 is 15.6 Å².